The van der Waals surface area contributed by atoms with E-state index < -0.39 is 10.8 Å². The molecule has 486 valence electrons. The van der Waals surface area contributed by atoms with Crippen LogP contribution in [0.15, 0.2) is 388 Å². The molecule has 0 saturated heterocycles. The fourth-order valence-corrected chi connectivity index (χ4v) is 16.3. The average Bonchev–Trinajstić information content (AvgIpc) is 1.51. The summed E-state index contributed by atoms with van der Waals surface area (Å²) in [7, 11) is 0. The van der Waals surface area contributed by atoms with Gasteiger partial charge < -0.3 is 0 Å². The van der Waals surface area contributed by atoms with Crippen molar-refractivity contribution in [2.75, 3.05) is 0 Å². The van der Waals surface area contributed by atoms with Crippen LogP contribution >= 0.6 is 0 Å². The summed E-state index contributed by atoms with van der Waals surface area (Å²) in [5.41, 5.74) is 29.3. The Hall–Kier alpha value is -13.7. The molecule has 3 aliphatic rings. The van der Waals surface area contributed by atoms with E-state index in [4.69, 9.17) is 29.9 Å². The van der Waals surface area contributed by atoms with Gasteiger partial charge in [0.1, 0.15) is 0 Å². The zero-order valence-electron chi connectivity index (χ0n) is 56.6. The van der Waals surface area contributed by atoms with Gasteiger partial charge >= 0.3 is 0 Å². The van der Waals surface area contributed by atoms with Crippen molar-refractivity contribution in [3.63, 3.8) is 0 Å². The van der Waals surface area contributed by atoms with E-state index >= 15 is 0 Å². The van der Waals surface area contributed by atoms with Crippen LogP contribution in [0.3, 0.4) is 0 Å². The Kier molecular flexibility index (Phi) is 15.2. The van der Waals surface area contributed by atoms with Crippen LogP contribution in [-0.4, -0.2) is 29.9 Å². The number of fused-ring (bicyclic) bond motifs is 13. The fraction of sp³-hybridized carbons (Fsp3) is 0.0204. The van der Waals surface area contributed by atoms with Crippen molar-refractivity contribution in [3.8, 4) is 135 Å². The van der Waals surface area contributed by atoms with Gasteiger partial charge in [0.15, 0.2) is 34.9 Å². The van der Waals surface area contributed by atoms with Crippen LogP contribution < -0.4 is 0 Å². The highest BCUT2D eigenvalue weighted by Gasteiger charge is 2.52. The third-order valence-corrected chi connectivity index (χ3v) is 21.0. The van der Waals surface area contributed by atoms with Crippen molar-refractivity contribution in [3.05, 3.63) is 433 Å². The van der Waals surface area contributed by atoms with Gasteiger partial charge in [0.25, 0.3) is 0 Å². The van der Waals surface area contributed by atoms with E-state index in [1.165, 1.54) is 89.0 Å². The molecule has 1 spiro atoms. The number of nitrogens with zero attached hydrogens (tertiary/aromatic N) is 6. The molecule has 17 aromatic rings. The van der Waals surface area contributed by atoms with Gasteiger partial charge in [-0.05, 0) is 129 Å². The monoisotopic (exact) mass is 1320 g/mol. The van der Waals surface area contributed by atoms with Gasteiger partial charge in [-0.3, -0.25) is 0 Å². The van der Waals surface area contributed by atoms with E-state index in [2.05, 4.69) is 352 Å². The second-order valence-electron chi connectivity index (χ2n) is 26.7. The van der Waals surface area contributed by atoms with Gasteiger partial charge in [0.2, 0.25) is 0 Å². The Morgan fingerprint density at radius 2 is 0.356 bits per heavy atom. The minimum Gasteiger partial charge on any atom is -0.208 e. The van der Waals surface area contributed by atoms with E-state index in [0.29, 0.717) is 34.9 Å². The number of hydrogen-bond donors (Lipinski definition) is 0. The zero-order chi connectivity index (χ0) is 69.0. The molecule has 104 heavy (non-hydrogen) atoms. The lowest BCUT2D eigenvalue weighted by Gasteiger charge is -2.34. The fourth-order valence-electron chi connectivity index (χ4n) is 16.3. The molecule has 2 aromatic heterocycles. The molecule has 0 fully saturated rings. The quantitative estimate of drug-likeness (QED) is 0.128. The highest BCUT2D eigenvalue weighted by Crippen LogP contribution is 2.63. The van der Waals surface area contributed by atoms with E-state index in [1.54, 1.807) is 0 Å². The molecule has 0 radical (unpaired) electrons. The standard InChI is InChI=1S/C52H35N3.C46H29N3/c1-5-15-36(16-6-1)38-25-29-40(30-26-38)49-53-50(41-31-27-39(28-32-41)37-17-7-2-8-18-37)55-51(54-49)42-33-34-46-45-23-13-14-24-47(45)52(48(46)35-42,43-19-9-3-10-20-43)44-21-11-4-12-22-44;1-3-14-30(15-4-1)32-18-13-19-33(28-32)44-47-43(31-16-5-2-6-17-31)48-45(49-44)34-26-27-38-37-22-9-12-25-41(37)46(42(38)29-34)39-23-10-7-20-35(39)36-21-8-11-24-40(36)46/h1-35H;1-29H. The number of rotatable bonds is 11. The van der Waals surface area contributed by atoms with E-state index in [0.717, 1.165) is 55.6 Å². The maximum Gasteiger partial charge on any atom is 0.164 e. The lowest BCUT2D eigenvalue weighted by atomic mass is 9.67. The first-order chi connectivity index (χ1) is 51.5. The molecule has 0 bridgehead atoms. The molecule has 0 N–H and O–H groups in total. The van der Waals surface area contributed by atoms with E-state index in [-0.39, 0.29) is 0 Å². The highest BCUT2D eigenvalue weighted by atomic mass is 15.0. The topological polar surface area (TPSA) is 77.3 Å². The van der Waals surface area contributed by atoms with E-state index in [1.807, 2.05) is 36.4 Å². The maximum absolute atomic E-state index is 5.21. The van der Waals surface area contributed by atoms with Gasteiger partial charge in [0.05, 0.1) is 10.8 Å². The largest absolute Gasteiger partial charge is 0.208 e. The average molecular weight is 1330 g/mol. The molecule has 0 saturated carbocycles. The van der Waals surface area contributed by atoms with Crippen molar-refractivity contribution in [2.24, 2.45) is 0 Å². The molecule has 0 unspecified atom stereocenters. The Morgan fingerprint density at radius 3 is 0.731 bits per heavy atom. The summed E-state index contributed by atoms with van der Waals surface area (Å²) < 4.78 is 0. The van der Waals surface area contributed by atoms with Crippen LogP contribution in [0.5, 0.6) is 0 Å². The number of aromatic nitrogens is 6. The minimum absolute atomic E-state index is 0.433. The Labute approximate surface area is 604 Å². The number of benzene rings is 15. The van der Waals surface area contributed by atoms with Crippen LogP contribution in [0.2, 0.25) is 0 Å². The van der Waals surface area contributed by atoms with Gasteiger partial charge in [-0.1, -0.05) is 370 Å². The molecule has 15 aromatic carbocycles. The minimum atomic E-state index is -0.524. The summed E-state index contributed by atoms with van der Waals surface area (Å²) in [6, 6.07) is 138. The molecular formula is C98H64N6. The van der Waals surface area contributed by atoms with Crippen molar-refractivity contribution >= 4 is 0 Å². The Morgan fingerprint density at radius 1 is 0.135 bits per heavy atom. The molecular weight excluding hydrogens is 1260 g/mol. The summed E-state index contributed by atoms with van der Waals surface area (Å²) in [4.78, 5) is 30.9. The predicted octanol–water partition coefficient (Wildman–Crippen LogP) is 23.5. The smallest absolute Gasteiger partial charge is 0.164 e. The summed E-state index contributed by atoms with van der Waals surface area (Å²) in [6.07, 6.45) is 0. The van der Waals surface area contributed by atoms with E-state index in [9.17, 15) is 0 Å². The van der Waals surface area contributed by atoms with Gasteiger partial charge in [-0.25, -0.2) is 29.9 Å². The first-order valence-electron chi connectivity index (χ1n) is 35.4. The molecule has 0 amide bonds. The highest BCUT2D eigenvalue weighted by molar-refractivity contribution is 5.96. The van der Waals surface area contributed by atoms with Gasteiger partial charge in [0, 0.05) is 33.4 Å². The van der Waals surface area contributed by atoms with Crippen LogP contribution in [0.25, 0.3) is 135 Å². The molecule has 6 heteroatoms. The first kappa shape index (κ1) is 61.4. The molecule has 0 atom stereocenters. The van der Waals surface area contributed by atoms with Crippen molar-refractivity contribution < 1.29 is 0 Å². The second-order valence-corrected chi connectivity index (χ2v) is 26.7. The third-order valence-electron chi connectivity index (χ3n) is 21.0. The van der Waals surface area contributed by atoms with Crippen LogP contribution in [-0.2, 0) is 10.8 Å². The molecule has 2 heterocycles. The Balaban J connectivity index is 0.000000144. The summed E-state index contributed by atoms with van der Waals surface area (Å²) in [5.74, 6) is 3.86. The molecule has 20 rings (SSSR count). The summed E-state index contributed by atoms with van der Waals surface area (Å²) >= 11 is 0. The van der Waals surface area contributed by atoms with Gasteiger partial charge in [-0.15, -0.1) is 0 Å². The summed E-state index contributed by atoms with van der Waals surface area (Å²) in [5, 5.41) is 0. The lowest BCUT2D eigenvalue weighted by Crippen LogP contribution is -2.28. The van der Waals surface area contributed by atoms with Crippen LogP contribution in [0.1, 0.15) is 44.5 Å². The van der Waals surface area contributed by atoms with Crippen LogP contribution in [0, 0.1) is 0 Å². The summed E-state index contributed by atoms with van der Waals surface area (Å²) in [6.45, 7) is 0. The second kappa shape index (κ2) is 25.8. The van der Waals surface area contributed by atoms with Crippen molar-refractivity contribution in [2.45, 2.75) is 10.8 Å². The lowest BCUT2D eigenvalue weighted by molar-refractivity contribution is 0.768. The normalized spacial score (nSPS) is 12.8. The predicted molar refractivity (Wildman–Crippen MR) is 422 cm³/mol. The van der Waals surface area contributed by atoms with Crippen molar-refractivity contribution in [1.29, 1.82) is 0 Å². The Bertz CT molecular complexity index is 5860. The SMILES string of the molecule is c1ccc(-c2ccc(-c3nc(-c4ccc(-c5ccccc5)cc4)nc(-c4ccc5c(c4)C(c4ccccc4)(c4ccccc4)c4ccccc4-5)n3)cc2)cc1.c1ccc(-c2cccc(-c3nc(-c4ccccc4)nc(-c4ccc5c(c4)C4(c6ccccc6-c6ccccc64)c4ccccc4-5)n3)c2)cc1. The molecule has 3 aliphatic carbocycles. The first-order valence-corrected chi connectivity index (χ1v) is 35.4. The molecule has 6 nitrogen and oxygen atoms in total. The maximum atomic E-state index is 5.21. The van der Waals surface area contributed by atoms with Gasteiger partial charge in [-0.2, -0.15) is 0 Å². The zero-order valence-corrected chi connectivity index (χ0v) is 56.6. The molecule has 0 aliphatic heterocycles. The van der Waals surface area contributed by atoms with Crippen LogP contribution in [0.4, 0.5) is 0 Å². The third kappa shape index (κ3) is 10.4. The number of hydrogen-bond acceptors (Lipinski definition) is 6. The van der Waals surface area contributed by atoms with Crippen molar-refractivity contribution in [1.82, 2.24) is 29.9 Å².